The summed E-state index contributed by atoms with van der Waals surface area (Å²) in [7, 11) is 1.98. The standard InChI is InChI=1S/C16H21N3O/c1-11-6-12(2)8-15(7-11)19(3)16-18-14(10-20-16)9-17-13-4-5-13/h6-8,10,13,17H,4-5,9H2,1-3H3. The van der Waals surface area contributed by atoms with Crippen LogP contribution in [0.4, 0.5) is 11.7 Å². The highest BCUT2D eigenvalue weighted by Crippen LogP contribution is 2.25. The van der Waals surface area contributed by atoms with E-state index in [9.17, 15) is 0 Å². The van der Waals surface area contributed by atoms with Crippen molar-refractivity contribution in [2.24, 2.45) is 0 Å². The number of oxazole rings is 1. The molecule has 0 radical (unpaired) electrons. The van der Waals surface area contributed by atoms with Crippen LogP contribution < -0.4 is 10.2 Å². The summed E-state index contributed by atoms with van der Waals surface area (Å²) in [5.41, 5.74) is 4.55. The van der Waals surface area contributed by atoms with Crippen molar-refractivity contribution < 1.29 is 4.42 Å². The molecule has 1 fully saturated rings. The van der Waals surface area contributed by atoms with E-state index in [2.05, 4.69) is 42.3 Å². The molecule has 0 spiro atoms. The molecule has 0 atom stereocenters. The topological polar surface area (TPSA) is 41.3 Å². The monoisotopic (exact) mass is 271 g/mol. The quantitative estimate of drug-likeness (QED) is 0.906. The van der Waals surface area contributed by atoms with Crippen molar-refractivity contribution in [3.63, 3.8) is 0 Å². The lowest BCUT2D eigenvalue weighted by Crippen LogP contribution is -2.16. The van der Waals surface area contributed by atoms with Crippen LogP contribution in [-0.2, 0) is 6.54 Å². The van der Waals surface area contributed by atoms with Crippen LogP contribution in [0, 0.1) is 13.8 Å². The van der Waals surface area contributed by atoms with Crippen LogP contribution in [-0.4, -0.2) is 18.1 Å². The second-order valence-corrected chi connectivity index (χ2v) is 5.68. The summed E-state index contributed by atoms with van der Waals surface area (Å²) in [6, 6.07) is 7.77. The van der Waals surface area contributed by atoms with Gasteiger partial charge in [0.15, 0.2) is 0 Å². The second kappa shape index (κ2) is 5.29. The van der Waals surface area contributed by atoms with Gasteiger partial charge in [0, 0.05) is 25.3 Å². The van der Waals surface area contributed by atoms with Crippen molar-refractivity contribution in [2.75, 3.05) is 11.9 Å². The zero-order valence-corrected chi connectivity index (χ0v) is 12.3. The molecule has 1 heterocycles. The molecule has 1 N–H and O–H groups in total. The Kier molecular flexibility index (Phi) is 3.49. The highest BCUT2D eigenvalue weighted by Gasteiger charge is 2.21. The summed E-state index contributed by atoms with van der Waals surface area (Å²) in [6.45, 7) is 4.99. The zero-order valence-electron chi connectivity index (χ0n) is 12.3. The molecule has 3 rings (SSSR count). The van der Waals surface area contributed by atoms with Crippen molar-refractivity contribution in [2.45, 2.75) is 39.3 Å². The van der Waals surface area contributed by atoms with Gasteiger partial charge in [-0.15, -0.1) is 0 Å². The smallest absolute Gasteiger partial charge is 0.301 e. The van der Waals surface area contributed by atoms with Gasteiger partial charge in [0.1, 0.15) is 6.26 Å². The summed E-state index contributed by atoms with van der Waals surface area (Å²) < 4.78 is 5.59. The summed E-state index contributed by atoms with van der Waals surface area (Å²) >= 11 is 0. The molecule has 0 saturated heterocycles. The lowest BCUT2D eigenvalue weighted by molar-refractivity contribution is 0.557. The Bertz CT molecular complexity index is 581. The lowest BCUT2D eigenvalue weighted by atomic mass is 10.1. The van der Waals surface area contributed by atoms with Crippen LogP contribution in [0.5, 0.6) is 0 Å². The highest BCUT2D eigenvalue weighted by atomic mass is 16.4. The second-order valence-electron chi connectivity index (χ2n) is 5.68. The van der Waals surface area contributed by atoms with Crippen molar-refractivity contribution in [3.05, 3.63) is 41.3 Å². The first kappa shape index (κ1) is 13.2. The third kappa shape index (κ3) is 3.02. The normalized spacial score (nSPS) is 14.6. The van der Waals surface area contributed by atoms with E-state index in [1.165, 1.54) is 24.0 Å². The third-order valence-electron chi connectivity index (χ3n) is 3.57. The predicted octanol–water partition coefficient (Wildman–Crippen LogP) is 3.31. The average Bonchev–Trinajstić information content (AvgIpc) is 3.11. The van der Waals surface area contributed by atoms with E-state index in [0.29, 0.717) is 12.1 Å². The van der Waals surface area contributed by atoms with E-state index in [0.717, 1.165) is 17.9 Å². The zero-order chi connectivity index (χ0) is 14.1. The Morgan fingerprint density at radius 2 is 1.95 bits per heavy atom. The molecule has 1 saturated carbocycles. The van der Waals surface area contributed by atoms with Crippen LogP contribution in [0.3, 0.4) is 0 Å². The number of hydrogen-bond acceptors (Lipinski definition) is 4. The summed E-state index contributed by atoms with van der Waals surface area (Å²) in [5.74, 6) is 0. The fraction of sp³-hybridized carbons (Fsp3) is 0.438. The van der Waals surface area contributed by atoms with Crippen LogP contribution in [0.1, 0.15) is 29.7 Å². The molecule has 4 nitrogen and oxygen atoms in total. The fourth-order valence-corrected chi connectivity index (χ4v) is 2.32. The largest absolute Gasteiger partial charge is 0.431 e. The van der Waals surface area contributed by atoms with Gasteiger partial charge in [-0.1, -0.05) is 6.07 Å². The van der Waals surface area contributed by atoms with Gasteiger partial charge in [-0.05, 0) is 49.9 Å². The molecule has 1 aromatic heterocycles. The van der Waals surface area contributed by atoms with Gasteiger partial charge in [0.25, 0.3) is 0 Å². The van der Waals surface area contributed by atoms with Crippen LogP contribution >= 0.6 is 0 Å². The highest BCUT2D eigenvalue weighted by molar-refractivity contribution is 5.57. The minimum atomic E-state index is 0.641. The summed E-state index contributed by atoms with van der Waals surface area (Å²) in [5, 5.41) is 3.44. The first-order chi connectivity index (χ1) is 9.61. The Morgan fingerprint density at radius 1 is 1.25 bits per heavy atom. The molecular formula is C16H21N3O. The summed E-state index contributed by atoms with van der Waals surface area (Å²) in [6.07, 6.45) is 4.31. The maximum Gasteiger partial charge on any atom is 0.301 e. The van der Waals surface area contributed by atoms with Crippen molar-refractivity contribution in [1.82, 2.24) is 10.3 Å². The Labute approximate surface area is 119 Å². The molecule has 2 aromatic rings. The number of anilines is 2. The Hall–Kier alpha value is -1.81. The van der Waals surface area contributed by atoms with Crippen molar-refractivity contribution >= 4 is 11.7 Å². The first-order valence-electron chi connectivity index (χ1n) is 7.11. The third-order valence-corrected chi connectivity index (χ3v) is 3.57. The molecule has 0 unspecified atom stereocenters. The number of nitrogens with zero attached hydrogens (tertiary/aromatic N) is 2. The first-order valence-corrected chi connectivity index (χ1v) is 7.11. The van der Waals surface area contributed by atoms with Crippen LogP contribution in [0.2, 0.25) is 0 Å². The number of aromatic nitrogens is 1. The van der Waals surface area contributed by atoms with Gasteiger partial charge in [0.05, 0.1) is 5.69 Å². The molecule has 106 valence electrons. The van der Waals surface area contributed by atoms with Gasteiger partial charge in [-0.25, -0.2) is 0 Å². The lowest BCUT2D eigenvalue weighted by Gasteiger charge is -2.16. The SMILES string of the molecule is Cc1cc(C)cc(N(C)c2nc(CNC3CC3)co2)c1. The van der Waals surface area contributed by atoms with E-state index in [1.54, 1.807) is 6.26 Å². The van der Waals surface area contributed by atoms with Crippen molar-refractivity contribution in [1.29, 1.82) is 0 Å². The number of hydrogen-bond donors (Lipinski definition) is 1. The Morgan fingerprint density at radius 3 is 2.60 bits per heavy atom. The predicted molar refractivity (Wildman–Crippen MR) is 80.3 cm³/mol. The van der Waals surface area contributed by atoms with E-state index < -0.39 is 0 Å². The summed E-state index contributed by atoms with van der Waals surface area (Å²) in [4.78, 5) is 6.53. The average molecular weight is 271 g/mol. The van der Waals surface area contributed by atoms with Gasteiger partial charge in [-0.2, -0.15) is 4.98 Å². The minimum Gasteiger partial charge on any atom is -0.431 e. The molecule has 1 aromatic carbocycles. The molecule has 0 amide bonds. The molecular weight excluding hydrogens is 250 g/mol. The fourth-order valence-electron chi connectivity index (χ4n) is 2.32. The van der Waals surface area contributed by atoms with Gasteiger partial charge < -0.3 is 9.73 Å². The van der Waals surface area contributed by atoms with E-state index in [-0.39, 0.29) is 0 Å². The van der Waals surface area contributed by atoms with E-state index >= 15 is 0 Å². The molecule has 4 heteroatoms. The van der Waals surface area contributed by atoms with Crippen LogP contribution in [0.25, 0.3) is 0 Å². The molecule has 0 aliphatic heterocycles. The molecule has 1 aliphatic carbocycles. The van der Waals surface area contributed by atoms with E-state index in [4.69, 9.17) is 4.42 Å². The maximum atomic E-state index is 5.59. The molecule has 20 heavy (non-hydrogen) atoms. The number of rotatable bonds is 5. The number of aryl methyl sites for hydroxylation is 2. The van der Waals surface area contributed by atoms with Gasteiger partial charge >= 0.3 is 6.01 Å². The van der Waals surface area contributed by atoms with Crippen molar-refractivity contribution in [3.8, 4) is 0 Å². The number of benzene rings is 1. The molecule has 0 bridgehead atoms. The van der Waals surface area contributed by atoms with Crippen LogP contribution in [0.15, 0.2) is 28.9 Å². The number of nitrogens with one attached hydrogen (secondary N) is 1. The minimum absolute atomic E-state index is 0.641. The maximum absolute atomic E-state index is 5.59. The van der Waals surface area contributed by atoms with E-state index in [1.807, 2.05) is 11.9 Å². The molecule has 1 aliphatic rings. The Balaban J connectivity index is 1.73. The van der Waals surface area contributed by atoms with Gasteiger partial charge in [0.2, 0.25) is 0 Å². The van der Waals surface area contributed by atoms with Gasteiger partial charge in [-0.3, -0.25) is 4.90 Å².